The fourth-order valence-electron chi connectivity index (χ4n) is 1.57. The maximum atomic E-state index is 9.56. The van der Waals surface area contributed by atoms with Crippen molar-refractivity contribution in [1.29, 1.82) is 0 Å². The lowest BCUT2D eigenvalue weighted by atomic mass is 10.0. The summed E-state index contributed by atoms with van der Waals surface area (Å²) in [4.78, 5) is 0. The number of rotatable bonds is 3. The van der Waals surface area contributed by atoms with Crippen molar-refractivity contribution in [3.8, 4) is 5.75 Å². The van der Waals surface area contributed by atoms with Gasteiger partial charge in [-0.3, -0.25) is 0 Å². The summed E-state index contributed by atoms with van der Waals surface area (Å²) in [7, 11) is 0. The third-order valence-corrected chi connectivity index (χ3v) is 2.37. The van der Waals surface area contributed by atoms with Crippen LogP contribution in [-0.4, -0.2) is 5.11 Å². The van der Waals surface area contributed by atoms with Crippen LogP contribution in [0.1, 0.15) is 78.0 Å². The molecule has 0 bridgehead atoms. The normalized spacial score (nSPS) is 8.05. The molecule has 1 rings (SSSR count). The molecule has 1 N–H and O–H groups in total. The van der Waals surface area contributed by atoms with Crippen LogP contribution in [-0.2, 0) is 6.42 Å². The molecule has 0 aliphatic rings. The standard InChI is InChI=1S/C12H18O.3C2H6/c1-4-5-6-11-7-9(2)12(13)10(3)8-11;3*1-2/h7-8,13H,4-6H2,1-3H3;3*1-2H3. The highest BCUT2D eigenvalue weighted by molar-refractivity contribution is 5.42. The molecule has 0 radical (unpaired) electrons. The summed E-state index contributed by atoms with van der Waals surface area (Å²) in [6.07, 6.45) is 3.57. The Balaban J connectivity index is -0.000000375. The second-order valence-corrected chi connectivity index (χ2v) is 3.68. The summed E-state index contributed by atoms with van der Waals surface area (Å²) in [5.74, 6) is 0.445. The van der Waals surface area contributed by atoms with Crippen molar-refractivity contribution < 1.29 is 5.11 Å². The second kappa shape index (κ2) is 17.0. The van der Waals surface area contributed by atoms with Crippen molar-refractivity contribution in [2.75, 3.05) is 0 Å². The largest absolute Gasteiger partial charge is 0.507 e. The minimum Gasteiger partial charge on any atom is -0.507 e. The molecule has 0 atom stereocenters. The average Bonchev–Trinajstić information content (AvgIpc) is 2.48. The molecule has 114 valence electrons. The molecule has 0 aliphatic heterocycles. The quantitative estimate of drug-likeness (QED) is 0.669. The monoisotopic (exact) mass is 268 g/mol. The van der Waals surface area contributed by atoms with Gasteiger partial charge in [0.05, 0.1) is 0 Å². The topological polar surface area (TPSA) is 20.2 Å². The zero-order chi connectivity index (χ0) is 15.8. The van der Waals surface area contributed by atoms with Gasteiger partial charge in [0.1, 0.15) is 5.75 Å². The van der Waals surface area contributed by atoms with Gasteiger partial charge in [0.15, 0.2) is 0 Å². The maximum absolute atomic E-state index is 9.56. The van der Waals surface area contributed by atoms with Crippen LogP contribution >= 0.6 is 0 Å². The Morgan fingerprint density at radius 3 is 1.53 bits per heavy atom. The Hall–Kier alpha value is -0.980. The highest BCUT2D eigenvalue weighted by Crippen LogP contribution is 2.23. The van der Waals surface area contributed by atoms with E-state index in [-0.39, 0.29) is 0 Å². The number of aryl methyl sites for hydroxylation is 3. The summed E-state index contributed by atoms with van der Waals surface area (Å²) < 4.78 is 0. The van der Waals surface area contributed by atoms with Gasteiger partial charge in [0, 0.05) is 0 Å². The van der Waals surface area contributed by atoms with E-state index >= 15 is 0 Å². The van der Waals surface area contributed by atoms with Crippen molar-refractivity contribution in [2.24, 2.45) is 0 Å². The minimum atomic E-state index is 0.445. The second-order valence-electron chi connectivity index (χ2n) is 3.68. The Morgan fingerprint density at radius 2 is 1.21 bits per heavy atom. The summed E-state index contributed by atoms with van der Waals surface area (Å²) in [5.41, 5.74) is 3.33. The smallest absolute Gasteiger partial charge is 0.121 e. The number of unbranched alkanes of at least 4 members (excludes halogenated alkanes) is 1. The van der Waals surface area contributed by atoms with Crippen LogP contribution in [0, 0.1) is 13.8 Å². The van der Waals surface area contributed by atoms with E-state index in [2.05, 4.69) is 19.1 Å². The van der Waals surface area contributed by atoms with Gasteiger partial charge in [-0.25, -0.2) is 0 Å². The van der Waals surface area contributed by atoms with Crippen LogP contribution in [0.4, 0.5) is 0 Å². The summed E-state index contributed by atoms with van der Waals surface area (Å²) in [6, 6.07) is 4.16. The van der Waals surface area contributed by atoms with Crippen LogP contribution < -0.4 is 0 Å². The highest BCUT2D eigenvalue weighted by atomic mass is 16.3. The average molecular weight is 268 g/mol. The summed E-state index contributed by atoms with van der Waals surface area (Å²) in [6.45, 7) is 18.1. The van der Waals surface area contributed by atoms with Crippen molar-refractivity contribution in [3.63, 3.8) is 0 Å². The Bertz CT molecular complexity index is 267. The number of hydrogen-bond donors (Lipinski definition) is 1. The Labute approximate surface area is 122 Å². The van der Waals surface area contributed by atoms with Gasteiger partial charge in [-0.2, -0.15) is 0 Å². The highest BCUT2D eigenvalue weighted by Gasteiger charge is 2.02. The van der Waals surface area contributed by atoms with Crippen molar-refractivity contribution >= 4 is 0 Å². The number of phenols is 1. The van der Waals surface area contributed by atoms with E-state index in [1.54, 1.807) is 0 Å². The van der Waals surface area contributed by atoms with Crippen molar-refractivity contribution in [3.05, 3.63) is 28.8 Å². The fourth-order valence-corrected chi connectivity index (χ4v) is 1.57. The van der Waals surface area contributed by atoms with Crippen LogP contribution in [0.3, 0.4) is 0 Å². The number of benzene rings is 1. The summed E-state index contributed by atoms with van der Waals surface area (Å²) >= 11 is 0. The Kier molecular flexibility index (Phi) is 20.7. The predicted octanol–water partition coefficient (Wildman–Crippen LogP) is 6.43. The molecule has 0 spiro atoms. The van der Waals surface area contributed by atoms with E-state index in [9.17, 15) is 5.11 Å². The first-order valence-corrected chi connectivity index (χ1v) is 7.94. The third kappa shape index (κ3) is 10.6. The van der Waals surface area contributed by atoms with E-state index in [0.29, 0.717) is 5.75 Å². The van der Waals surface area contributed by atoms with Gasteiger partial charge in [0.2, 0.25) is 0 Å². The first-order valence-electron chi connectivity index (χ1n) is 7.94. The van der Waals surface area contributed by atoms with E-state index in [1.165, 1.54) is 18.4 Å². The lowest BCUT2D eigenvalue weighted by Gasteiger charge is -2.07. The summed E-state index contributed by atoms with van der Waals surface area (Å²) in [5, 5.41) is 9.56. The Morgan fingerprint density at radius 1 is 0.842 bits per heavy atom. The molecular formula is C18H36O. The minimum absolute atomic E-state index is 0.445. The van der Waals surface area contributed by atoms with E-state index in [1.807, 2.05) is 55.4 Å². The molecule has 0 amide bonds. The molecule has 0 heterocycles. The molecule has 1 nitrogen and oxygen atoms in total. The van der Waals surface area contributed by atoms with Crippen LogP contribution in [0.2, 0.25) is 0 Å². The fraction of sp³-hybridized carbons (Fsp3) is 0.667. The number of hydrogen-bond acceptors (Lipinski definition) is 1. The maximum Gasteiger partial charge on any atom is 0.121 e. The van der Waals surface area contributed by atoms with Crippen LogP contribution in [0.5, 0.6) is 5.75 Å². The lowest BCUT2D eigenvalue weighted by Crippen LogP contribution is -1.89. The van der Waals surface area contributed by atoms with Gasteiger partial charge in [-0.15, -0.1) is 0 Å². The molecule has 0 aliphatic carbocycles. The zero-order valence-corrected chi connectivity index (χ0v) is 14.7. The SMILES string of the molecule is CC.CC.CC.CCCCc1cc(C)c(O)c(C)c1. The van der Waals surface area contributed by atoms with E-state index < -0.39 is 0 Å². The molecule has 0 aromatic heterocycles. The van der Waals surface area contributed by atoms with Gasteiger partial charge in [-0.1, -0.05) is 67.0 Å². The van der Waals surface area contributed by atoms with E-state index in [0.717, 1.165) is 17.5 Å². The van der Waals surface area contributed by atoms with Gasteiger partial charge in [0.25, 0.3) is 0 Å². The first-order chi connectivity index (χ1) is 9.15. The molecule has 1 aromatic rings. The van der Waals surface area contributed by atoms with Crippen molar-refractivity contribution in [2.45, 2.75) is 81.6 Å². The van der Waals surface area contributed by atoms with E-state index in [4.69, 9.17) is 0 Å². The van der Waals surface area contributed by atoms with Crippen LogP contribution in [0.25, 0.3) is 0 Å². The first kappa shape index (κ1) is 23.1. The van der Waals surface area contributed by atoms with Gasteiger partial charge >= 0.3 is 0 Å². The molecular weight excluding hydrogens is 232 g/mol. The molecule has 0 saturated carbocycles. The molecule has 0 fully saturated rings. The number of aromatic hydroxyl groups is 1. The third-order valence-electron chi connectivity index (χ3n) is 2.37. The molecule has 1 heteroatoms. The molecule has 0 saturated heterocycles. The van der Waals surface area contributed by atoms with Crippen molar-refractivity contribution in [1.82, 2.24) is 0 Å². The zero-order valence-electron chi connectivity index (χ0n) is 14.7. The lowest BCUT2D eigenvalue weighted by molar-refractivity contribution is 0.466. The molecule has 19 heavy (non-hydrogen) atoms. The van der Waals surface area contributed by atoms with Gasteiger partial charge < -0.3 is 5.11 Å². The molecule has 1 aromatic carbocycles. The predicted molar refractivity (Wildman–Crippen MR) is 90.2 cm³/mol. The van der Waals surface area contributed by atoms with Gasteiger partial charge in [-0.05, 0) is 43.4 Å². The number of phenolic OH excluding ortho intramolecular Hbond substituents is 1. The molecule has 0 unspecified atom stereocenters. The van der Waals surface area contributed by atoms with Crippen LogP contribution in [0.15, 0.2) is 12.1 Å².